The van der Waals surface area contributed by atoms with Gasteiger partial charge in [0.05, 0.1) is 6.61 Å². The Morgan fingerprint density at radius 1 is 1.08 bits per heavy atom. The summed E-state index contributed by atoms with van der Waals surface area (Å²) in [5, 5.41) is 0. The van der Waals surface area contributed by atoms with Crippen LogP contribution >= 0.6 is 7.52 Å². The van der Waals surface area contributed by atoms with Gasteiger partial charge in [0.2, 0.25) is 0 Å². The molecule has 24 heavy (non-hydrogen) atoms. The molecule has 1 aliphatic rings. The first-order valence-electron chi connectivity index (χ1n) is 9.45. The largest absolute Gasteiger partial charge is 0.318 e. The number of hydrogen-bond acceptors (Lipinski definition) is 3. The van der Waals surface area contributed by atoms with Crippen molar-refractivity contribution in [2.75, 3.05) is 12.8 Å². The van der Waals surface area contributed by atoms with Crippen LogP contribution in [0, 0.1) is 0 Å². The van der Waals surface area contributed by atoms with Crippen molar-refractivity contribution in [1.82, 2.24) is 0 Å². The molecule has 0 aliphatic heterocycles. The molecule has 0 spiro atoms. The molecule has 0 radical (unpaired) electrons. The van der Waals surface area contributed by atoms with Crippen LogP contribution < -0.4 is 5.50 Å². The Hall–Kier alpha value is -0.700. The van der Waals surface area contributed by atoms with E-state index < -0.39 is 7.52 Å². The third kappa shape index (κ3) is 11.8. The highest BCUT2D eigenvalue weighted by Crippen LogP contribution is 2.39. The van der Waals surface area contributed by atoms with E-state index in [0.29, 0.717) is 19.2 Å². The second kappa shape index (κ2) is 13.6. The van der Waals surface area contributed by atoms with Gasteiger partial charge in [-0.3, -0.25) is 10.1 Å². The highest BCUT2D eigenvalue weighted by molar-refractivity contribution is 7.56. The van der Waals surface area contributed by atoms with E-state index in [2.05, 4.69) is 18.2 Å². The van der Waals surface area contributed by atoms with E-state index in [1.807, 2.05) is 0 Å². The molecule has 4 nitrogen and oxygen atoms in total. The lowest BCUT2D eigenvalue weighted by Crippen LogP contribution is -2.05. The Labute approximate surface area is 147 Å². The standard InChI is InChI=1S/C19H34NO3P/c20-24(22,18-12-5-1-4-10-16-21)23-17-11-6-9-15-19-13-7-2-3-8-14-19/h7,13-14,16H,1-6,8-12,15,17-18H2,(H2,20,22). The fraction of sp³-hybridized carbons (Fsp3) is 0.737. The lowest BCUT2D eigenvalue weighted by molar-refractivity contribution is -0.107. The van der Waals surface area contributed by atoms with Crippen molar-refractivity contribution < 1.29 is 13.9 Å². The number of hydrogen-bond donors (Lipinski definition) is 1. The van der Waals surface area contributed by atoms with Gasteiger partial charge >= 0.3 is 0 Å². The summed E-state index contributed by atoms with van der Waals surface area (Å²) in [5.41, 5.74) is 7.22. The van der Waals surface area contributed by atoms with Crippen molar-refractivity contribution in [3.05, 3.63) is 23.8 Å². The van der Waals surface area contributed by atoms with Gasteiger partial charge in [0.1, 0.15) is 6.29 Å². The molecule has 0 aromatic heterocycles. The van der Waals surface area contributed by atoms with Crippen LogP contribution in [-0.2, 0) is 13.9 Å². The van der Waals surface area contributed by atoms with E-state index in [-0.39, 0.29) is 0 Å². The Bertz CT molecular complexity index is 446. The molecule has 5 heteroatoms. The third-order valence-corrected chi connectivity index (χ3v) is 5.83. The average Bonchev–Trinajstić information content (AvgIpc) is 2.83. The lowest BCUT2D eigenvalue weighted by Gasteiger charge is -2.13. The number of allylic oxidation sites excluding steroid dienone is 4. The molecule has 0 aromatic carbocycles. The van der Waals surface area contributed by atoms with Crippen molar-refractivity contribution >= 4 is 13.8 Å². The molecule has 1 aliphatic carbocycles. The maximum Gasteiger partial charge on any atom is 0.267 e. The maximum atomic E-state index is 12.1. The van der Waals surface area contributed by atoms with Crippen LogP contribution in [0.25, 0.3) is 0 Å². The zero-order valence-electron chi connectivity index (χ0n) is 15.0. The van der Waals surface area contributed by atoms with Gasteiger partial charge in [-0.1, -0.05) is 43.1 Å². The van der Waals surface area contributed by atoms with Gasteiger partial charge in [0.25, 0.3) is 7.52 Å². The van der Waals surface area contributed by atoms with E-state index in [0.717, 1.165) is 57.7 Å². The van der Waals surface area contributed by atoms with Gasteiger partial charge in [-0.2, -0.15) is 0 Å². The second-order valence-electron chi connectivity index (χ2n) is 6.58. The zero-order chi connectivity index (χ0) is 17.5. The van der Waals surface area contributed by atoms with Crippen LogP contribution in [-0.4, -0.2) is 19.1 Å². The highest BCUT2D eigenvalue weighted by Gasteiger charge is 2.15. The quantitative estimate of drug-likeness (QED) is 0.253. The van der Waals surface area contributed by atoms with E-state index in [4.69, 9.17) is 10.0 Å². The molecule has 2 N–H and O–H groups in total. The number of unbranched alkanes of at least 4 members (excludes halogenated alkanes) is 6. The summed E-state index contributed by atoms with van der Waals surface area (Å²) >= 11 is 0. The SMILES string of the molecule is NP(=O)(CCCCCCC=O)OCCCCCC1=CCCCC=C1. The van der Waals surface area contributed by atoms with E-state index in [1.165, 1.54) is 24.8 Å². The molecule has 0 saturated heterocycles. The molecule has 0 aromatic rings. The molecule has 0 amide bonds. The lowest BCUT2D eigenvalue weighted by atomic mass is 10.1. The fourth-order valence-corrected chi connectivity index (χ4v) is 4.05. The minimum atomic E-state index is -2.92. The molecule has 1 atom stereocenters. The van der Waals surface area contributed by atoms with Gasteiger partial charge in [-0.15, -0.1) is 0 Å². The number of aldehydes is 1. The van der Waals surface area contributed by atoms with E-state index >= 15 is 0 Å². The fourth-order valence-electron chi connectivity index (χ4n) is 2.82. The average molecular weight is 355 g/mol. The summed E-state index contributed by atoms with van der Waals surface area (Å²) in [5.74, 6) is 0. The molecule has 0 bridgehead atoms. The molecule has 0 heterocycles. The van der Waals surface area contributed by atoms with Gasteiger partial charge in [0.15, 0.2) is 0 Å². The number of carbonyl (C=O) groups excluding carboxylic acids is 1. The maximum absolute atomic E-state index is 12.1. The van der Waals surface area contributed by atoms with Crippen LogP contribution in [0.1, 0.15) is 77.0 Å². The molecule has 1 unspecified atom stereocenters. The van der Waals surface area contributed by atoms with Gasteiger partial charge in [0, 0.05) is 12.6 Å². The van der Waals surface area contributed by atoms with Crippen molar-refractivity contribution in [2.24, 2.45) is 5.50 Å². The van der Waals surface area contributed by atoms with E-state index in [9.17, 15) is 9.36 Å². The summed E-state index contributed by atoms with van der Waals surface area (Å²) in [4.78, 5) is 10.2. The minimum Gasteiger partial charge on any atom is -0.318 e. The van der Waals surface area contributed by atoms with Gasteiger partial charge < -0.3 is 9.32 Å². The Kier molecular flexibility index (Phi) is 12.1. The highest BCUT2D eigenvalue weighted by atomic mass is 31.2. The Morgan fingerprint density at radius 2 is 1.88 bits per heavy atom. The topological polar surface area (TPSA) is 69.4 Å². The number of nitrogens with two attached hydrogens (primary N) is 1. The van der Waals surface area contributed by atoms with Crippen molar-refractivity contribution in [2.45, 2.75) is 77.0 Å². The van der Waals surface area contributed by atoms with Crippen LogP contribution in [0.4, 0.5) is 0 Å². The summed E-state index contributed by atoms with van der Waals surface area (Å²) in [6.07, 6.45) is 20.5. The first-order valence-corrected chi connectivity index (χ1v) is 11.3. The predicted molar refractivity (Wildman–Crippen MR) is 101 cm³/mol. The summed E-state index contributed by atoms with van der Waals surface area (Å²) in [6, 6.07) is 0. The molecule has 0 saturated carbocycles. The molecular formula is C19H34NO3P. The van der Waals surface area contributed by atoms with Crippen molar-refractivity contribution in [1.29, 1.82) is 0 Å². The van der Waals surface area contributed by atoms with Gasteiger partial charge in [-0.25, -0.2) is 0 Å². The molecule has 0 fully saturated rings. The summed E-state index contributed by atoms with van der Waals surface area (Å²) < 4.78 is 17.5. The van der Waals surface area contributed by atoms with Crippen LogP contribution in [0.3, 0.4) is 0 Å². The van der Waals surface area contributed by atoms with Crippen LogP contribution in [0.2, 0.25) is 0 Å². The molecular weight excluding hydrogens is 321 g/mol. The van der Waals surface area contributed by atoms with E-state index in [1.54, 1.807) is 0 Å². The van der Waals surface area contributed by atoms with Crippen LogP contribution in [0.15, 0.2) is 23.8 Å². The zero-order valence-corrected chi connectivity index (χ0v) is 15.9. The van der Waals surface area contributed by atoms with Crippen molar-refractivity contribution in [3.8, 4) is 0 Å². The van der Waals surface area contributed by atoms with Crippen molar-refractivity contribution in [3.63, 3.8) is 0 Å². The Balaban J connectivity index is 1.99. The molecule has 1 rings (SSSR count). The summed E-state index contributed by atoms with van der Waals surface area (Å²) in [7, 11) is -2.92. The number of rotatable bonds is 14. The first kappa shape index (κ1) is 21.3. The smallest absolute Gasteiger partial charge is 0.267 e. The molecule has 138 valence electrons. The number of carbonyl (C=O) groups is 1. The second-order valence-corrected chi connectivity index (χ2v) is 8.73. The minimum absolute atomic E-state index is 0.450. The first-order chi connectivity index (χ1) is 11.6. The van der Waals surface area contributed by atoms with Gasteiger partial charge in [-0.05, 0) is 51.4 Å². The summed E-state index contributed by atoms with van der Waals surface area (Å²) in [6.45, 7) is 0.494. The monoisotopic (exact) mass is 355 g/mol. The normalized spacial score (nSPS) is 17.1. The predicted octanol–water partition coefficient (Wildman–Crippen LogP) is 5.53. The Morgan fingerprint density at radius 3 is 2.71 bits per heavy atom. The van der Waals surface area contributed by atoms with Crippen LogP contribution in [0.5, 0.6) is 0 Å². The third-order valence-electron chi connectivity index (χ3n) is 4.27.